The third-order valence-corrected chi connectivity index (χ3v) is 4.69. The van der Waals surface area contributed by atoms with E-state index in [1.54, 1.807) is 23.1 Å². The summed E-state index contributed by atoms with van der Waals surface area (Å²) in [7, 11) is 0. The monoisotopic (exact) mass is 382 g/mol. The van der Waals surface area contributed by atoms with E-state index in [4.69, 9.17) is 4.74 Å². The fourth-order valence-electron chi connectivity index (χ4n) is 3.32. The number of nitrogens with zero attached hydrogens (tertiary/aromatic N) is 5. The van der Waals surface area contributed by atoms with E-state index in [9.17, 15) is 4.39 Å². The van der Waals surface area contributed by atoms with Gasteiger partial charge in [-0.15, -0.1) is 0 Å². The Morgan fingerprint density at radius 1 is 1.14 bits per heavy atom. The van der Waals surface area contributed by atoms with Crippen molar-refractivity contribution >= 4 is 11.5 Å². The Kier molecular flexibility index (Phi) is 5.21. The molecule has 3 heterocycles. The van der Waals surface area contributed by atoms with Gasteiger partial charge in [0.2, 0.25) is 0 Å². The molecule has 4 rings (SSSR count). The highest BCUT2D eigenvalue weighted by atomic mass is 19.1. The van der Waals surface area contributed by atoms with E-state index in [0.29, 0.717) is 50.2 Å². The molecule has 1 fully saturated rings. The lowest BCUT2D eigenvalue weighted by molar-refractivity contribution is 0.122. The first kappa shape index (κ1) is 18.4. The molecule has 0 bridgehead atoms. The van der Waals surface area contributed by atoms with Crippen LogP contribution in [0.1, 0.15) is 17.0 Å². The molecule has 28 heavy (non-hydrogen) atoms. The molecule has 1 N–H and O–H groups in total. The van der Waals surface area contributed by atoms with Gasteiger partial charge >= 0.3 is 0 Å². The number of ether oxygens (including phenoxy) is 1. The molecule has 1 aliphatic heterocycles. The topological polar surface area (TPSA) is 68.1 Å². The number of anilines is 2. The van der Waals surface area contributed by atoms with Gasteiger partial charge in [-0.3, -0.25) is 4.98 Å². The highest BCUT2D eigenvalue weighted by Gasteiger charge is 2.15. The number of halogens is 1. The van der Waals surface area contributed by atoms with Crippen LogP contribution in [0.4, 0.5) is 15.9 Å². The Hall–Kier alpha value is -3.00. The first-order chi connectivity index (χ1) is 13.6. The van der Waals surface area contributed by atoms with Gasteiger partial charge in [-0.2, -0.15) is 5.10 Å². The van der Waals surface area contributed by atoms with Gasteiger partial charge in [0, 0.05) is 25.3 Å². The van der Waals surface area contributed by atoms with Crippen LogP contribution in [0.3, 0.4) is 0 Å². The Labute approximate surface area is 163 Å². The van der Waals surface area contributed by atoms with Gasteiger partial charge in [0.15, 0.2) is 5.82 Å². The van der Waals surface area contributed by atoms with Gasteiger partial charge in [-0.05, 0) is 37.6 Å². The first-order valence-electron chi connectivity index (χ1n) is 9.31. The summed E-state index contributed by atoms with van der Waals surface area (Å²) in [5.41, 5.74) is 3.38. The number of benzene rings is 1. The van der Waals surface area contributed by atoms with Crippen molar-refractivity contribution in [3.63, 3.8) is 0 Å². The predicted molar refractivity (Wildman–Crippen MR) is 105 cm³/mol. The van der Waals surface area contributed by atoms with Crippen LogP contribution in [-0.2, 0) is 11.3 Å². The summed E-state index contributed by atoms with van der Waals surface area (Å²) in [5, 5.41) is 7.64. The molecule has 0 spiro atoms. The highest BCUT2D eigenvalue weighted by molar-refractivity contribution is 5.50. The standard InChI is InChI=1S/C20H23FN6O/c1-14-9-15(2)27(25-14)20-13-22-12-19(24-20)23-11-16-3-4-18(17(21)10-16)26-5-7-28-8-6-26/h3-4,9-10,12-13H,5-8,11H2,1-2H3,(H,23,24). The molecular weight excluding hydrogens is 359 g/mol. The lowest BCUT2D eigenvalue weighted by atomic mass is 10.1. The summed E-state index contributed by atoms with van der Waals surface area (Å²) in [6.07, 6.45) is 3.31. The van der Waals surface area contributed by atoms with Gasteiger partial charge in [0.25, 0.3) is 0 Å². The van der Waals surface area contributed by atoms with E-state index in [2.05, 4.69) is 20.4 Å². The number of aromatic nitrogens is 4. The van der Waals surface area contributed by atoms with Crippen LogP contribution >= 0.6 is 0 Å². The quantitative estimate of drug-likeness (QED) is 0.732. The molecule has 1 aliphatic rings. The summed E-state index contributed by atoms with van der Waals surface area (Å²) in [5.74, 6) is 1.04. The fraction of sp³-hybridized carbons (Fsp3) is 0.350. The Morgan fingerprint density at radius 3 is 2.68 bits per heavy atom. The molecule has 2 aromatic heterocycles. The SMILES string of the molecule is Cc1cc(C)n(-c2cncc(NCc3ccc(N4CCOCC4)c(F)c3)n2)n1. The van der Waals surface area contributed by atoms with Crippen molar-refractivity contribution in [1.29, 1.82) is 0 Å². The van der Waals surface area contributed by atoms with Crippen molar-refractivity contribution in [2.75, 3.05) is 36.5 Å². The molecule has 1 aromatic carbocycles. The second kappa shape index (κ2) is 7.93. The van der Waals surface area contributed by atoms with Gasteiger partial charge < -0.3 is 15.0 Å². The summed E-state index contributed by atoms with van der Waals surface area (Å²) < 4.78 is 21.6. The molecule has 3 aromatic rings. The first-order valence-corrected chi connectivity index (χ1v) is 9.31. The largest absolute Gasteiger partial charge is 0.378 e. The lowest BCUT2D eigenvalue weighted by Crippen LogP contribution is -2.36. The van der Waals surface area contributed by atoms with Crippen LogP contribution in [0.25, 0.3) is 5.82 Å². The van der Waals surface area contributed by atoms with Crippen LogP contribution in [-0.4, -0.2) is 46.1 Å². The number of morpholine rings is 1. The Bertz CT molecular complexity index is 967. The summed E-state index contributed by atoms with van der Waals surface area (Å²) in [6.45, 7) is 7.05. The number of nitrogens with one attached hydrogen (secondary N) is 1. The van der Waals surface area contributed by atoms with E-state index < -0.39 is 0 Å². The van der Waals surface area contributed by atoms with E-state index in [1.165, 1.54) is 0 Å². The third kappa shape index (κ3) is 3.96. The van der Waals surface area contributed by atoms with Crippen molar-refractivity contribution < 1.29 is 9.13 Å². The molecule has 7 nitrogen and oxygen atoms in total. The molecule has 0 saturated carbocycles. The van der Waals surface area contributed by atoms with Gasteiger partial charge in [0.1, 0.15) is 11.6 Å². The van der Waals surface area contributed by atoms with Crippen molar-refractivity contribution in [1.82, 2.24) is 19.7 Å². The summed E-state index contributed by atoms with van der Waals surface area (Å²) in [6, 6.07) is 7.31. The Morgan fingerprint density at radius 2 is 1.96 bits per heavy atom. The molecule has 1 saturated heterocycles. The zero-order valence-corrected chi connectivity index (χ0v) is 16.0. The van der Waals surface area contributed by atoms with E-state index in [0.717, 1.165) is 17.0 Å². The summed E-state index contributed by atoms with van der Waals surface area (Å²) >= 11 is 0. The molecular formula is C20H23FN6O. The minimum Gasteiger partial charge on any atom is -0.378 e. The van der Waals surface area contributed by atoms with E-state index in [1.807, 2.05) is 36.9 Å². The number of rotatable bonds is 5. The van der Waals surface area contributed by atoms with Crippen molar-refractivity contribution in [3.05, 3.63) is 59.4 Å². The average Bonchev–Trinajstić information content (AvgIpc) is 3.05. The number of hydrogen-bond donors (Lipinski definition) is 1. The zero-order valence-electron chi connectivity index (χ0n) is 16.0. The fourth-order valence-corrected chi connectivity index (χ4v) is 3.32. The van der Waals surface area contributed by atoms with Crippen molar-refractivity contribution in [2.24, 2.45) is 0 Å². The van der Waals surface area contributed by atoms with Crippen LogP contribution in [0.2, 0.25) is 0 Å². The molecule has 0 amide bonds. The highest BCUT2D eigenvalue weighted by Crippen LogP contribution is 2.22. The maximum atomic E-state index is 14.5. The Balaban J connectivity index is 1.45. The second-order valence-corrected chi connectivity index (χ2v) is 6.84. The van der Waals surface area contributed by atoms with Crippen LogP contribution < -0.4 is 10.2 Å². The number of aryl methyl sites for hydroxylation is 2. The van der Waals surface area contributed by atoms with Crippen LogP contribution in [0.15, 0.2) is 36.7 Å². The van der Waals surface area contributed by atoms with Gasteiger partial charge in [0.05, 0.1) is 37.0 Å². The minimum atomic E-state index is -0.219. The molecule has 146 valence electrons. The molecule has 0 atom stereocenters. The predicted octanol–water partition coefficient (Wildman–Crippen LogP) is 2.87. The average molecular weight is 382 g/mol. The maximum Gasteiger partial charge on any atom is 0.174 e. The number of hydrogen-bond acceptors (Lipinski definition) is 6. The molecule has 8 heteroatoms. The van der Waals surface area contributed by atoms with Gasteiger partial charge in [-0.25, -0.2) is 14.1 Å². The van der Waals surface area contributed by atoms with Crippen LogP contribution in [0, 0.1) is 19.7 Å². The second-order valence-electron chi connectivity index (χ2n) is 6.84. The van der Waals surface area contributed by atoms with E-state index >= 15 is 0 Å². The summed E-state index contributed by atoms with van der Waals surface area (Å²) in [4.78, 5) is 10.8. The zero-order chi connectivity index (χ0) is 19.5. The van der Waals surface area contributed by atoms with Crippen molar-refractivity contribution in [3.8, 4) is 5.82 Å². The molecule has 0 radical (unpaired) electrons. The molecule has 0 aliphatic carbocycles. The van der Waals surface area contributed by atoms with Crippen LogP contribution in [0.5, 0.6) is 0 Å². The normalized spacial score (nSPS) is 14.3. The smallest absolute Gasteiger partial charge is 0.174 e. The lowest BCUT2D eigenvalue weighted by Gasteiger charge is -2.29. The van der Waals surface area contributed by atoms with Gasteiger partial charge in [-0.1, -0.05) is 6.07 Å². The minimum absolute atomic E-state index is 0.219. The van der Waals surface area contributed by atoms with E-state index in [-0.39, 0.29) is 5.82 Å². The maximum absolute atomic E-state index is 14.5. The third-order valence-electron chi connectivity index (χ3n) is 4.69. The molecule has 0 unspecified atom stereocenters. The van der Waals surface area contributed by atoms with Crippen molar-refractivity contribution in [2.45, 2.75) is 20.4 Å².